The quantitative estimate of drug-likeness (QED) is 0.395. The minimum absolute atomic E-state index is 0.693. The first-order valence-electron chi connectivity index (χ1n) is 8.97. The Balaban J connectivity index is 1.38. The first-order chi connectivity index (χ1) is 15.1. The van der Waals surface area contributed by atoms with Gasteiger partial charge in [-0.25, -0.2) is 18.4 Å². The van der Waals surface area contributed by atoms with E-state index in [2.05, 4.69) is 8.80 Å². The fourth-order valence-electron chi connectivity index (χ4n) is 3.27. The van der Waals surface area contributed by atoms with Gasteiger partial charge in [-0.3, -0.25) is 0 Å². The molecule has 2 aliphatic heterocycles. The van der Waals surface area contributed by atoms with Crippen molar-refractivity contribution in [1.29, 1.82) is 0 Å². The fraction of sp³-hybridized carbons (Fsp3) is 0. The predicted molar refractivity (Wildman–Crippen MR) is 131 cm³/mol. The second-order valence-corrected chi connectivity index (χ2v) is 12.0. The van der Waals surface area contributed by atoms with Crippen molar-refractivity contribution in [3.63, 3.8) is 0 Å². The summed E-state index contributed by atoms with van der Waals surface area (Å²) in [6.07, 6.45) is 3.55. The van der Waals surface area contributed by atoms with E-state index in [1.54, 1.807) is 45.6 Å². The molecule has 2 aliphatic rings. The van der Waals surface area contributed by atoms with Gasteiger partial charge in [-0.1, -0.05) is 24.3 Å². The number of para-hydroxylation sites is 2. The van der Waals surface area contributed by atoms with Gasteiger partial charge in [0.05, 0.1) is 31.9 Å². The number of rotatable bonds is 4. The lowest BCUT2D eigenvalue weighted by Gasteiger charge is -1.98. The van der Waals surface area contributed by atoms with Crippen molar-refractivity contribution in [3.8, 4) is 0 Å². The number of allylic oxidation sites excluding steroid dienone is 2. The number of thiazole rings is 2. The summed E-state index contributed by atoms with van der Waals surface area (Å²) in [5.74, 6) is 0. The summed E-state index contributed by atoms with van der Waals surface area (Å²) in [6.45, 7) is 0. The van der Waals surface area contributed by atoms with Crippen LogP contribution in [-0.4, -0.2) is 29.8 Å². The number of fused-ring (bicyclic) bond motifs is 2. The van der Waals surface area contributed by atoms with Crippen LogP contribution in [0.5, 0.6) is 0 Å². The highest BCUT2D eigenvalue weighted by molar-refractivity contribution is 8.02. The van der Waals surface area contributed by atoms with Gasteiger partial charge >= 0.3 is 0 Å². The van der Waals surface area contributed by atoms with E-state index in [0.717, 1.165) is 40.2 Å². The van der Waals surface area contributed by atoms with Crippen LogP contribution >= 0.6 is 34.4 Å². The highest BCUT2D eigenvalue weighted by Crippen LogP contribution is 2.39. The van der Waals surface area contributed by atoms with Gasteiger partial charge in [0.25, 0.3) is 0 Å². The molecule has 11 heteroatoms. The van der Waals surface area contributed by atoms with Gasteiger partial charge in [-0.15, -0.1) is 22.7 Å². The largest absolute Gasteiger partial charge is 0.230 e. The Morgan fingerprint density at radius 2 is 1.19 bits per heavy atom. The summed E-state index contributed by atoms with van der Waals surface area (Å²) in [4.78, 5) is 9.63. The van der Waals surface area contributed by atoms with Crippen LogP contribution < -0.4 is 0 Å². The monoisotopic (exact) mass is 498 g/mol. The molecule has 0 N–H and O–H groups in total. The highest BCUT2D eigenvalue weighted by Gasteiger charge is 2.18. The van der Waals surface area contributed by atoms with Crippen molar-refractivity contribution in [3.05, 3.63) is 70.5 Å². The molecular formula is C20H10N4O2S5. The van der Waals surface area contributed by atoms with Crippen LogP contribution in [-0.2, 0) is 22.0 Å². The molecule has 0 radical (unpaired) electrons. The number of hydrogen-bond donors (Lipinski definition) is 0. The van der Waals surface area contributed by atoms with Gasteiger partial charge in [0.15, 0.2) is 30.7 Å². The van der Waals surface area contributed by atoms with Crippen LogP contribution in [0.4, 0.5) is 0 Å². The average Bonchev–Trinajstić information content (AvgIpc) is 3.53. The smallest absolute Gasteiger partial charge is 0.165 e. The molecule has 4 heterocycles. The normalized spacial score (nSPS) is 20.1. The number of hydrogen-bond acceptors (Lipinski definition) is 7. The molecule has 0 spiro atoms. The van der Waals surface area contributed by atoms with Crippen molar-refractivity contribution < 1.29 is 8.42 Å². The third kappa shape index (κ3) is 3.56. The van der Waals surface area contributed by atoms with Crippen LogP contribution in [0.2, 0.25) is 0 Å². The van der Waals surface area contributed by atoms with Crippen LogP contribution in [0.15, 0.2) is 76.8 Å². The average molecular weight is 499 g/mol. The van der Waals surface area contributed by atoms with Crippen LogP contribution in [0.25, 0.3) is 20.4 Å². The first kappa shape index (κ1) is 19.4. The molecule has 0 amide bonds. The Bertz CT molecular complexity index is 1440. The van der Waals surface area contributed by atoms with Gasteiger partial charge in [0.2, 0.25) is 0 Å². The molecule has 0 saturated carbocycles. The van der Waals surface area contributed by atoms with Crippen molar-refractivity contribution in [2.75, 3.05) is 0 Å². The lowest BCUT2D eigenvalue weighted by Crippen LogP contribution is -1.95. The van der Waals surface area contributed by atoms with E-state index in [9.17, 15) is 8.42 Å². The predicted octanol–water partition coefficient (Wildman–Crippen LogP) is 5.02. The Labute approximate surface area is 193 Å². The molecule has 0 aliphatic carbocycles. The van der Waals surface area contributed by atoms with E-state index >= 15 is 0 Å². The summed E-state index contributed by atoms with van der Waals surface area (Å²) >= 11 is 4.71. The second-order valence-electron chi connectivity index (χ2n) is 6.48. The summed E-state index contributed by atoms with van der Waals surface area (Å²) in [5.41, 5.74) is 4.86. The first-order valence-corrected chi connectivity index (χ1v) is 13.8. The molecule has 4 aromatic rings. The van der Waals surface area contributed by atoms with Crippen molar-refractivity contribution in [2.24, 2.45) is 8.80 Å². The number of aromatic nitrogens is 2. The molecule has 0 bridgehead atoms. The topological polar surface area (TPSA) is 84.6 Å². The SMILES string of the molecule is O=S1C=CC(c2cccc3sc(Sc4nc5c(C6=NS(=O)C=C6)cccc5s4)nc23)=N1. The van der Waals surface area contributed by atoms with Crippen molar-refractivity contribution >= 4 is 88.3 Å². The molecule has 0 saturated heterocycles. The minimum atomic E-state index is -1.30. The molecule has 31 heavy (non-hydrogen) atoms. The maximum atomic E-state index is 11.6. The zero-order chi connectivity index (χ0) is 20.9. The van der Waals surface area contributed by atoms with Gasteiger partial charge in [-0.2, -0.15) is 8.80 Å². The van der Waals surface area contributed by atoms with Gasteiger partial charge in [-0.05, 0) is 36.0 Å². The van der Waals surface area contributed by atoms with Crippen molar-refractivity contribution in [1.82, 2.24) is 9.97 Å². The molecule has 2 aromatic carbocycles. The van der Waals surface area contributed by atoms with E-state index in [0.29, 0.717) is 11.4 Å². The fourth-order valence-corrected chi connectivity index (χ4v) is 7.96. The molecule has 2 aromatic heterocycles. The van der Waals surface area contributed by atoms with E-state index in [1.807, 2.05) is 36.4 Å². The Morgan fingerprint density at radius 3 is 1.61 bits per heavy atom. The lowest BCUT2D eigenvalue weighted by molar-refractivity contribution is 0.689. The van der Waals surface area contributed by atoms with Gasteiger partial charge < -0.3 is 0 Å². The van der Waals surface area contributed by atoms with Crippen LogP contribution in [0.3, 0.4) is 0 Å². The summed E-state index contributed by atoms with van der Waals surface area (Å²) in [5, 5.41) is 3.16. The molecule has 6 rings (SSSR count). The third-order valence-corrected chi connectivity index (χ3v) is 9.24. The molecular weight excluding hydrogens is 489 g/mol. The highest BCUT2D eigenvalue weighted by atomic mass is 32.2. The molecule has 0 fully saturated rings. The van der Waals surface area contributed by atoms with Crippen LogP contribution in [0, 0.1) is 0 Å². The van der Waals surface area contributed by atoms with E-state index in [1.165, 1.54) is 11.8 Å². The molecule has 6 nitrogen and oxygen atoms in total. The number of benzene rings is 2. The van der Waals surface area contributed by atoms with Gasteiger partial charge in [0, 0.05) is 21.9 Å². The standard InChI is InChI=1S/C20H10N4O2S5/c25-30-9-7-13(23-30)11-3-1-5-15-17(11)21-19(27-15)29-20-22-18-12(4-2-6-16(18)28-20)14-8-10-31(26)24-14/h1-10H. The Morgan fingerprint density at radius 1 is 0.710 bits per heavy atom. The molecule has 2 atom stereocenters. The van der Waals surface area contributed by atoms with E-state index in [-0.39, 0.29) is 0 Å². The zero-order valence-electron chi connectivity index (χ0n) is 15.4. The molecule has 152 valence electrons. The zero-order valence-corrected chi connectivity index (χ0v) is 19.5. The van der Waals surface area contributed by atoms with Gasteiger partial charge in [0.1, 0.15) is 0 Å². The van der Waals surface area contributed by atoms with E-state index < -0.39 is 22.0 Å². The Hall–Kier alpha value is -2.31. The third-order valence-electron chi connectivity index (χ3n) is 4.59. The minimum Gasteiger partial charge on any atom is -0.230 e. The summed E-state index contributed by atoms with van der Waals surface area (Å²) in [7, 11) is -2.60. The number of nitrogens with zero attached hydrogens (tertiary/aromatic N) is 4. The summed E-state index contributed by atoms with van der Waals surface area (Å²) in [6, 6.07) is 11.9. The van der Waals surface area contributed by atoms with E-state index in [4.69, 9.17) is 9.97 Å². The maximum absolute atomic E-state index is 11.6. The lowest BCUT2D eigenvalue weighted by atomic mass is 10.1. The molecule has 2 unspecified atom stereocenters. The van der Waals surface area contributed by atoms with Crippen LogP contribution in [0.1, 0.15) is 11.1 Å². The summed E-state index contributed by atoms with van der Waals surface area (Å²) < 4.78 is 35.4. The maximum Gasteiger partial charge on any atom is 0.165 e. The second kappa shape index (κ2) is 7.68. The Kier molecular flexibility index (Phi) is 4.80. The van der Waals surface area contributed by atoms with Crippen molar-refractivity contribution in [2.45, 2.75) is 8.68 Å².